The van der Waals surface area contributed by atoms with Crippen molar-refractivity contribution in [2.24, 2.45) is 0 Å². The minimum absolute atomic E-state index is 0.246. The van der Waals surface area contributed by atoms with Gasteiger partial charge in [-0.05, 0) is 45.9 Å². The van der Waals surface area contributed by atoms with E-state index in [0.717, 1.165) is 11.4 Å². The molecule has 0 radical (unpaired) electrons. The first kappa shape index (κ1) is 18.6. The maximum Gasteiger partial charge on any atom is 0.340 e. The molecule has 0 spiro atoms. The van der Waals surface area contributed by atoms with Crippen molar-refractivity contribution >= 4 is 17.6 Å². The third kappa shape index (κ3) is 4.21. The number of methoxy groups -OCH3 is 1. The van der Waals surface area contributed by atoms with Gasteiger partial charge in [0.1, 0.15) is 5.75 Å². The first-order valence-electron chi connectivity index (χ1n) is 8.13. The van der Waals surface area contributed by atoms with E-state index in [-0.39, 0.29) is 12.6 Å². The van der Waals surface area contributed by atoms with Crippen molar-refractivity contribution in [2.75, 3.05) is 19.0 Å². The molecule has 2 rings (SSSR count). The van der Waals surface area contributed by atoms with Crippen LogP contribution in [0.3, 0.4) is 0 Å². The van der Waals surface area contributed by atoms with Gasteiger partial charge >= 0.3 is 5.97 Å². The number of amides is 1. The number of ether oxygens (including phenoxy) is 2. The SMILES string of the molecule is COc1ccccc1NC(=O)COC(=O)c1cc(C)n(C(C)C)c1C. The Morgan fingerprint density at radius 1 is 1.20 bits per heavy atom. The van der Waals surface area contributed by atoms with E-state index in [2.05, 4.69) is 23.7 Å². The maximum absolute atomic E-state index is 12.3. The van der Waals surface area contributed by atoms with E-state index in [4.69, 9.17) is 9.47 Å². The van der Waals surface area contributed by atoms with Crippen LogP contribution in [0.1, 0.15) is 41.6 Å². The summed E-state index contributed by atoms with van der Waals surface area (Å²) < 4.78 is 12.4. The number of hydrogen-bond donors (Lipinski definition) is 1. The maximum atomic E-state index is 12.3. The first-order valence-corrected chi connectivity index (χ1v) is 8.13. The quantitative estimate of drug-likeness (QED) is 0.815. The van der Waals surface area contributed by atoms with Crippen LogP contribution in [0.5, 0.6) is 5.75 Å². The number of carbonyl (C=O) groups excluding carboxylic acids is 2. The molecule has 6 heteroatoms. The lowest BCUT2D eigenvalue weighted by Crippen LogP contribution is -2.21. The summed E-state index contributed by atoms with van der Waals surface area (Å²) in [7, 11) is 1.52. The fourth-order valence-electron chi connectivity index (χ4n) is 2.92. The Morgan fingerprint density at radius 2 is 1.88 bits per heavy atom. The molecular weight excluding hydrogens is 320 g/mol. The molecule has 0 aliphatic carbocycles. The van der Waals surface area contributed by atoms with Crippen LogP contribution in [0.2, 0.25) is 0 Å². The van der Waals surface area contributed by atoms with Crippen molar-refractivity contribution in [1.29, 1.82) is 0 Å². The average molecular weight is 344 g/mol. The zero-order chi connectivity index (χ0) is 18.6. The fraction of sp³-hybridized carbons (Fsp3) is 0.368. The van der Waals surface area contributed by atoms with Gasteiger partial charge in [-0.1, -0.05) is 12.1 Å². The van der Waals surface area contributed by atoms with Crippen molar-refractivity contribution in [3.8, 4) is 5.75 Å². The monoisotopic (exact) mass is 344 g/mol. The van der Waals surface area contributed by atoms with Gasteiger partial charge in [0.15, 0.2) is 6.61 Å². The minimum atomic E-state index is -0.504. The fourth-order valence-corrected chi connectivity index (χ4v) is 2.92. The molecule has 2 aromatic rings. The third-order valence-corrected chi connectivity index (χ3v) is 3.94. The Labute approximate surface area is 147 Å². The highest BCUT2D eigenvalue weighted by Crippen LogP contribution is 2.23. The molecule has 25 heavy (non-hydrogen) atoms. The molecule has 1 amide bonds. The van der Waals surface area contributed by atoms with Crippen molar-refractivity contribution in [2.45, 2.75) is 33.7 Å². The van der Waals surface area contributed by atoms with Crippen LogP contribution in [0.15, 0.2) is 30.3 Å². The van der Waals surface area contributed by atoms with Crippen LogP contribution in [0.4, 0.5) is 5.69 Å². The molecule has 1 N–H and O–H groups in total. The molecular formula is C19H24N2O4. The number of nitrogens with one attached hydrogen (secondary N) is 1. The summed E-state index contributed by atoms with van der Waals surface area (Å²) in [6.07, 6.45) is 0. The molecule has 0 unspecified atom stereocenters. The molecule has 0 saturated heterocycles. The Balaban J connectivity index is 2.00. The number of nitrogens with zero attached hydrogens (tertiary/aromatic N) is 1. The van der Waals surface area contributed by atoms with Gasteiger partial charge in [0.25, 0.3) is 5.91 Å². The zero-order valence-corrected chi connectivity index (χ0v) is 15.3. The van der Waals surface area contributed by atoms with Gasteiger partial charge in [0.2, 0.25) is 0 Å². The van der Waals surface area contributed by atoms with Crippen molar-refractivity contribution < 1.29 is 19.1 Å². The highest BCUT2D eigenvalue weighted by molar-refractivity contribution is 5.96. The summed E-state index contributed by atoms with van der Waals surface area (Å²) in [5, 5.41) is 2.67. The van der Waals surface area contributed by atoms with E-state index >= 15 is 0 Å². The second-order valence-electron chi connectivity index (χ2n) is 6.07. The van der Waals surface area contributed by atoms with Crippen LogP contribution in [0.25, 0.3) is 0 Å². The number of carbonyl (C=O) groups is 2. The van der Waals surface area contributed by atoms with Crippen LogP contribution in [-0.2, 0) is 9.53 Å². The van der Waals surface area contributed by atoms with Crippen LogP contribution in [0, 0.1) is 13.8 Å². The van der Waals surface area contributed by atoms with Crippen molar-refractivity contribution in [3.63, 3.8) is 0 Å². The van der Waals surface area contributed by atoms with E-state index in [1.54, 1.807) is 30.3 Å². The predicted molar refractivity (Wildman–Crippen MR) is 96.2 cm³/mol. The smallest absolute Gasteiger partial charge is 0.340 e. The predicted octanol–water partition coefficient (Wildman–Crippen LogP) is 3.49. The van der Waals surface area contributed by atoms with Crippen LogP contribution in [-0.4, -0.2) is 30.2 Å². The Bertz CT molecular complexity index is 778. The first-order chi connectivity index (χ1) is 11.8. The van der Waals surface area contributed by atoms with Gasteiger partial charge in [0, 0.05) is 17.4 Å². The average Bonchev–Trinajstić information content (AvgIpc) is 2.87. The van der Waals surface area contributed by atoms with Gasteiger partial charge < -0.3 is 19.4 Å². The Hall–Kier alpha value is -2.76. The number of rotatable bonds is 6. The van der Waals surface area contributed by atoms with Gasteiger partial charge in [0.05, 0.1) is 18.4 Å². The van der Waals surface area contributed by atoms with Crippen LogP contribution < -0.4 is 10.1 Å². The van der Waals surface area contributed by atoms with Gasteiger partial charge in [-0.15, -0.1) is 0 Å². The van der Waals surface area contributed by atoms with E-state index in [9.17, 15) is 9.59 Å². The Morgan fingerprint density at radius 3 is 2.48 bits per heavy atom. The highest BCUT2D eigenvalue weighted by atomic mass is 16.5. The molecule has 0 atom stereocenters. The molecule has 0 aliphatic heterocycles. The summed E-state index contributed by atoms with van der Waals surface area (Å²) in [6.45, 7) is 7.56. The number of anilines is 1. The molecule has 0 saturated carbocycles. The normalized spacial score (nSPS) is 10.6. The van der Waals surface area contributed by atoms with E-state index in [1.807, 2.05) is 13.8 Å². The zero-order valence-electron chi connectivity index (χ0n) is 15.3. The number of para-hydroxylation sites is 2. The summed E-state index contributed by atoms with van der Waals surface area (Å²) in [5.74, 6) is -0.381. The highest BCUT2D eigenvalue weighted by Gasteiger charge is 2.19. The number of aromatic nitrogens is 1. The summed E-state index contributed by atoms with van der Waals surface area (Å²) >= 11 is 0. The number of benzene rings is 1. The van der Waals surface area contributed by atoms with Gasteiger partial charge in [-0.2, -0.15) is 0 Å². The molecule has 1 heterocycles. The summed E-state index contributed by atoms with van der Waals surface area (Å²) in [6, 6.07) is 9.08. The second-order valence-corrected chi connectivity index (χ2v) is 6.07. The molecule has 1 aromatic heterocycles. The number of esters is 1. The van der Waals surface area contributed by atoms with Crippen molar-refractivity contribution in [1.82, 2.24) is 4.57 Å². The third-order valence-electron chi connectivity index (χ3n) is 3.94. The molecule has 0 fully saturated rings. The van der Waals surface area contributed by atoms with E-state index < -0.39 is 11.9 Å². The number of aryl methyl sites for hydroxylation is 1. The largest absolute Gasteiger partial charge is 0.495 e. The summed E-state index contributed by atoms with van der Waals surface area (Å²) in [4.78, 5) is 24.3. The molecule has 134 valence electrons. The van der Waals surface area contributed by atoms with Gasteiger partial charge in [-0.3, -0.25) is 4.79 Å². The standard InChI is InChI=1S/C19H24N2O4/c1-12(2)21-13(3)10-15(14(21)4)19(23)25-11-18(22)20-16-8-6-7-9-17(16)24-5/h6-10,12H,11H2,1-5H3,(H,20,22). The topological polar surface area (TPSA) is 69.6 Å². The van der Waals surface area contributed by atoms with E-state index in [1.165, 1.54) is 7.11 Å². The molecule has 6 nitrogen and oxygen atoms in total. The lowest BCUT2D eigenvalue weighted by atomic mass is 10.2. The lowest BCUT2D eigenvalue weighted by molar-refractivity contribution is -0.119. The molecule has 0 aliphatic rings. The second kappa shape index (κ2) is 7.88. The van der Waals surface area contributed by atoms with Crippen LogP contribution >= 0.6 is 0 Å². The summed E-state index contributed by atoms with van der Waals surface area (Å²) in [5.41, 5.74) is 2.83. The lowest BCUT2D eigenvalue weighted by Gasteiger charge is -2.13. The number of hydrogen-bond acceptors (Lipinski definition) is 4. The van der Waals surface area contributed by atoms with Gasteiger partial charge in [-0.25, -0.2) is 4.79 Å². The minimum Gasteiger partial charge on any atom is -0.495 e. The molecule has 1 aromatic carbocycles. The van der Waals surface area contributed by atoms with E-state index in [0.29, 0.717) is 17.0 Å². The Kier molecular flexibility index (Phi) is 5.85. The molecule has 0 bridgehead atoms. The van der Waals surface area contributed by atoms with Crippen molar-refractivity contribution in [3.05, 3.63) is 47.3 Å².